The van der Waals surface area contributed by atoms with Crippen LogP contribution in [-0.2, 0) is 4.79 Å². The van der Waals surface area contributed by atoms with Gasteiger partial charge in [-0.3, -0.25) is 14.9 Å². The minimum absolute atomic E-state index is 0.0856. The summed E-state index contributed by atoms with van der Waals surface area (Å²) in [4.78, 5) is 24.8. The summed E-state index contributed by atoms with van der Waals surface area (Å²) in [7, 11) is 0. The Morgan fingerprint density at radius 2 is 1.84 bits per heavy atom. The second-order valence-electron chi connectivity index (χ2n) is 5.29. The minimum atomic E-state index is -0.875. The molecule has 0 saturated carbocycles. The molecule has 0 aliphatic carbocycles. The summed E-state index contributed by atoms with van der Waals surface area (Å²) in [6.07, 6.45) is -0.875. The zero-order valence-electron chi connectivity index (χ0n) is 14.0. The number of ether oxygens (including phenoxy) is 1. The summed E-state index contributed by atoms with van der Waals surface area (Å²) in [6.45, 7) is 4.89. The molecule has 1 atom stereocenters. The summed E-state index contributed by atoms with van der Waals surface area (Å²) in [5, 5.41) is 10.9. The first-order valence-corrected chi connectivity index (χ1v) is 8.30. The first-order chi connectivity index (χ1) is 12.0. The number of carbonyl (C=O) groups is 1. The average Bonchev–Trinajstić information content (AvgIpc) is 2.62. The standard InChI is InChI=1S/C18H19ClN2O4/c1-3-20(4-2)18(22)17(13-8-6-5-7-9-13)25-16-11-10-14(21(23)24)12-15(16)19/h5-12,17H,3-4H2,1-2H3. The van der Waals surface area contributed by atoms with E-state index in [1.165, 1.54) is 18.2 Å². The maximum Gasteiger partial charge on any atom is 0.271 e. The van der Waals surface area contributed by atoms with Crippen LogP contribution in [0.15, 0.2) is 48.5 Å². The van der Waals surface area contributed by atoms with Gasteiger partial charge in [-0.15, -0.1) is 0 Å². The van der Waals surface area contributed by atoms with Crippen LogP contribution in [-0.4, -0.2) is 28.8 Å². The van der Waals surface area contributed by atoms with Crippen molar-refractivity contribution in [3.8, 4) is 5.75 Å². The van der Waals surface area contributed by atoms with Gasteiger partial charge in [-0.25, -0.2) is 0 Å². The van der Waals surface area contributed by atoms with Crippen LogP contribution < -0.4 is 4.74 Å². The fourth-order valence-corrected chi connectivity index (χ4v) is 2.64. The lowest BCUT2D eigenvalue weighted by atomic mass is 10.1. The maximum absolute atomic E-state index is 12.8. The molecule has 0 aromatic heterocycles. The van der Waals surface area contributed by atoms with E-state index in [1.807, 2.05) is 32.0 Å². The van der Waals surface area contributed by atoms with Crippen molar-refractivity contribution in [1.29, 1.82) is 0 Å². The quantitative estimate of drug-likeness (QED) is 0.545. The highest BCUT2D eigenvalue weighted by molar-refractivity contribution is 6.32. The van der Waals surface area contributed by atoms with E-state index in [0.717, 1.165) is 0 Å². The Bertz CT molecular complexity index is 748. The van der Waals surface area contributed by atoms with Gasteiger partial charge >= 0.3 is 0 Å². The SMILES string of the molecule is CCN(CC)C(=O)C(Oc1ccc([N+](=O)[O-])cc1Cl)c1ccccc1. The highest BCUT2D eigenvalue weighted by Crippen LogP contribution is 2.33. The Labute approximate surface area is 151 Å². The number of carbonyl (C=O) groups excluding carboxylic acids is 1. The van der Waals surface area contributed by atoms with Gasteiger partial charge in [-0.05, 0) is 19.9 Å². The van der Waals surface area contributed by atoms with Crippen LogP contribution in [0.1, 0.15) is 25.5 Å². The maximum atomic E-state index is 12.8. The van der Waals surface area contributed by atoms with Crippen LogP contribution in [0.4, 0.5) is 5.69 Å². The Kier molecular flexibility index (Phi) is 6.36. The van der Waals surface area contributed by atoms with E-state index < -0.39 is 11.0 Å². The first-order valence-electron chi connectivity index (χ1n) is 7.92. The Morgan fingerprint density at radius 3 is 2.36 bits per heavy atom. The number of benzene rings is 2. The molecule has 0 N–H and O–H groups in total. The molecule has 0 aliphatic rings. The molecule has 25 heavy (non-hydrogen) atoms. The van der Waals surface area contributed by atoms with E-state index in [2.05, 4.69) is 0 Å². The lowest BCUT2D eigenvalue weighted by Crippen LogP contribution is -2.37. The molecule has 2 aromatic carbocycles. The number of nitrogens with zero attached hydrogens (tertiary/aromatic N) is 2. The molecule has 0 aliphatic heterocycles. The molecule has 0 heterocycles. The van der Waals surface area contributed by atoms with Crippen molar-refractivity contribution < 1.29 is 14.5 Å². The van der Waals surface area contributed by atoms with Gasteiger partial charge in [0.05, 0.1) is 9.95 Å². The highest BCUT2D eigenvalue weighted by atomic mass is 35.5. The number of hydrogen-bond acceptors (Lipinski definition) is 4. The fraction of sp³-hybridized carbons (Fsp3) is 0.278. The van der Waals surface area contributed by atoms with E-state index in [4.69, 9.17) is 16.3 Å². The van der Waals surface area contributed by atoms with Crippen LogP contribution in [0, 0.1) is 10.1 Å². The molecule has 0 saturated heterocycles. The Morgan fingerprint density at radius 1 is 1.20 bits per heavy atom. The molecular formula is C18H19ClN2O4. The molecule has 0 radical (unpaired) electrons. The predicted molar refractivity (Wildman–Crippen MR) is 95.8 cm³/mol. The number of hydrogen-bond donors (Lipinski definition) is 0. The van der Waals surface area contributed by atoms with E-state index in [-0.39, 0.29) is 22.4 Å². The topological polar surface area (TPSA) is 72.7 Å². The summed E-state index contributed by atoms with van der Waals surface area (Å²) in [5.41, 5.74) is 0.553. The van der Waals surface area contributed by atoms with Crippen LogP contribution in [0.2, 0.25) is 5.02 Å². The predicted octanol–water partition coefficient (Wildman–Crippen LogP) is 4.24. The van der Waals surface area contributed by atoms with E-state index in [9.17, 15) is 14.9 Å². The normalized spacial score (nSPS) is 11.6. The zero-order chi connectivity index (χ0) is 18.4. The van der Waals surface area contributed by atoms with Crippen LogP contribution in [0.3, 0.4) is 0 Å². The molecule has 132 valence electrons. The van der Waals surface area contributed by atoms with E-state index in [1.54, 1.807) is 17.0 Å². The molecule has 0 spiro atoms. The molecule has 0 bridgehead atoms. The van der Waals surface area contributed by atoms with Crippen molar-refractivity contribution in [3.05, 3.63) is 69.2 Å². The van der Waals surface area contributed by atoms with Gasteiger partial charge in [0.25, 0.3) is 11.6 Å². The number of halogens is 1. The molecule has 7 heteroatoms. The lowest BCUT2D eigenvalue weighted by Gasteiger charge is -2.26. The average molecular weight is 363 g/mol. The van der Waals surface area contributed by atoms with Gasteiger partial charge in [-0.1, -0.05) is 41.9 Å². The lowest BCUT2D eigenvalue weighted by molar-refractivity contribution is -0.384. The van der Waals surface area contributed by atoms with E-state index >= 15 is 0 Å². The molecule has 2 rings (SSSR count). The van der Waals surface area contributed by atoms with Gasteiger partial charge in [0.15, 0.2) is 0 Å². The second-order valence-corrected chi connectivity index (χ2v) is 5.70. The number of likely N-dealkylation sites (N-methyl/N-ethyl adjacent to an activating group) is 1. The third kappa shape index (κ3) is 4.48. The van der Waals surface area contributed by atoms with Gasteiger partial charge in [0, 0.05) is 30.8 Å². The minimum Gasteiger partial charge on any atom is -0.474 e. The molecule has 1 amide bonds. The number of nitro groups is 1. The fourth-order valence-electron chi connectivity index (χ4n) is 2.42. The monoisotopic (exact) mass is 362 g/mol. The van der Waals surface area contributed by atoms with Gasteiger partial charge in [-0.2, -0.15) is 0 Å². The zero-order valence-corrected chi connectivity index (χ0v) is 14.8. The summed E-state index contributed by atoms with van der Waals surface area (Å²) >= 11 is 6.10. The summed E-state index contributed by atoms with van der Waals surface area (Å²) in [5.74, 6) is 0.0345. The third-order valence-electron chi connectivity index (χ3n) is 3.77. The molecule has 1 unspecified atom stereocenters. The highest BCUT2D eigenvalue weighted by Gasteiger charge is 2.27. The van der Waals surface area contributed by atoms with Crippen LogP contribution >= 0.6 is 11.6 Å². The van der Waals surface area contributed by atoms with Crippen molar-refractivity contribution >= 4 is 23.2 Å². The van der Waals surface area contributed by atoms with Crippen LogP contribution in [0.25, 0.3) is 0 Å². The second kappa shape index (κ2) is 8.48. The van der Waals surface area contributed by atoms with Crippen LogP contribution in [0.5, 0.6) is 5.75 Å². The summed E-state index contributed by atoms with van der Waals surface area (Å²) in [6, 6.07) is 13.0. The van der Waals surface area contributed by atoms with E-state index in [0.29, 0.717) is 18.7 Å². The smallest absolute Gasteiger partial charge is 0.271 e. The van der Waals surface area contributed by atoms with Crippen molar-refractivity contribution in [1.82, 2.24) is 4.90 Å². The Hall–Kier alpha value is -2.60. The molecule has 0 fully saturated rings. The summed E-state index contributed by atoms with van der Waals surface area (Å²) < 4.78 is 5.87. The number of non-ortho nitro benzene ring substituents is 1. The van der Waals surface area contributed by atoms with Crippen molar-refractivity contribution in [2.75, 3.05) is 13.1 Å². The van der Waals surface area contributed by atoms with Gasteiger partial charge < -0.3 is 9.64 Å². The molecule has 6 nitrogen and oxygen atoms in total. The number of nitro benzene ring substituents is 1. The van der Waals surface area contributed by atoms with Crippen molar-refractivity contribution in [2.45, 2.75) is 20.0 Å². The number of rotatable bonds is 7. The van der Waals surface area contributed by atoms with Crippen molar-refractivity contribution in [3.63, 3.8) is 0 Å². The third-order valence-corrected chi connectivity index (χ3v) is 4.07. The molecule has 2 aromatic rings. The van der Waals surface area contributed by atoms with Gasteiger partial charge in [0.2, 0.25) is 6.10 Å². The largest absolute Gasteiger partial charge is 0.474 e. The van der Waals surface area contributed by atoms with Gasteiger partial charge in [0.1, 0.15) is 5.75 Å². The first kappa shape index (κ1) is 18.7. The molecular weight excluding hydrogens is 344 g/mol. The number of amides is 1. The Balaban J connectivity index is 2.37. The van der Waals surface area contributed by atoms with Crippen molar-refractivity contribution in [2.24, 2.45) is 0 Å².